The molecule has 118 valence electrons. The van der Waals surface area contributed by atoms with Crippen molar-refractivity contribution in [2.75, 3.05) is 6.54 Å². The second kappa shape index (κ2) is 7.07. The Balaban J connectivity index is 1.90. The summed E-state index contributed by atoms with van der Waals surface area (Å²) in [7, 11) is 0. The SMILES string of the molecule is CCCC[C@H](CC)CNC(=O)[C@@H]1[C@@H](C(=O)O)[C@H]2C=C[C@H]1O2. The number of nitrogens with one attached hydrogen (secondary N) is 1. The van der Waals surface area contributed by atoms with E-state index in [0.29, 0.717) is 12.5 Å². The molecule has 2 rings (SSSR count). The lowest BCUT2D eigenvalue weighted by atomic mass is 9.82. The van der Waals surface area contributed by atoms with Crippen molar-refractivity contribution >= 4 is 11.9 Å². The summed E-state index contributed by atoms with van der Waals surface area (Å²) in [5.41, 5.74) is 0. The summed E-state index contributed by atoms with van der Waals surface area (Å²) in [5, 5.41) is 12.2. The first-order valence-electron chi connectivity index (χ1n) is 7.92. The van der Waals surface area contributed by atoms with Crippen molar-refractivity contribution in [2.24, 2.45) is 17.8 Å². The van der Waals surface area contributed by atoms with E-state index in [-0.39, 0.29) is 12.0 Å². The largest absolute Gasteiger partial charge is 0.481 e. The molecule has 0 saturated carbocycles. The Hall–Kier alpha value is -1.36. The summed E-state index contributed by atoms with van der Waals surface area (Å²) in [6.07, 6.45) is 7.16. The molecule has 0 aromatic heterocycles. The zero-order chi connectivity index (χ0) is 15.4. The number of aliphatic carboxylic acids is 1. The van der Waals surface area contributed by atoms with Gasteiger partial charge >= 0.3 is 5.97 Å². The van der Waals surface area contributed by atoms with Gasteiger partial charge in [-0.25, -0.2) is 0 Å². The maximum absolute atomic E-state index is 12.4. The number of ether oxygens (including phenoxy) is 1. The van der Waals surface area contributed by atoms with Crippen molar-refractivity contribution in [1.29, 1.82) is 0 Å². The van der Waals surface area contributed by atoms with Crippen LogP contribution < -0.4 is 5.32 Å². The third kappa shape index (κ3) is 3.46. The van der Waals surface area contributed by atoms with Crippen LogP contribution in [-0.4, -0.2) is 35.7 Å². The minimum absolute atomic E-state index is 0.186. The Bertz CT molecular complexity index is 421. The fourth-order valence-electron chi connectivity index (χ4n) is 3.22. The topological polar surface area (TPSA) is 75.6 Å². The zero-order valence-electron chi connectivity index (χ0n) is 12.7. The Morgan fingerprint density at radius 3 is 2.48 bits per heavy atom. The molecule has 5 atom stereocenters. The maximum atomic E-state index is 12.4. The molecule has 2 heterocycles. The second-order valence-corrected chi connectivity index (χ2v) is 6.00. The van der Waals surface area contributed by atoms with Crippen molar-refractivity contribution in [3.8, 4) is 0 Å². The number of unbranched alkanes of at least 4 members (excludes halogenated alkanes) is 1. The molecule has 2 N–H and O–H groups in total. The van der Waals surface area contributed by atoms with Gasteiger partial charge in [-0.1, -0.05) is 45.3 Å². The number of carbonyl (C=O) groups is 2. The summed E-state index contributed by atoms with van der Waals surface area (Å²) >= 11 is 0. The summed E-state index contributed by atoms with van der Waals surface area (Å²) in [6.45, 7) is 4.90. The number of carbonyl (C=O) groups excluding carboxylic acids is 1. The average molecular weight is 295 g/mol. The second-order valence-electron chi connectivity index (χ2n) is 6.00. The first kappa shape index (κ1) is 16.0. The van der Waals surface area contributed by atoms with Crippen LogP contribution in [0.15, 0.2) is 12.2 Å². The number of rotatable bonds is 8. The minimum atomic E-state index is -0.954. The molecule has 0 unspecified atom stereocenters. The van der Waals surface area contributed by atoms with Crippen molar-refractivity contribution < 1.29 is 19.4 Å². The number of carboxylic acid groups (broad SMARTS) is 1. The third-order valence-electron chi connectivity index (χ3n) is 4.60. The fraction of sp³-hybridized carbons (Fsp3) is 0.750. The van der Waals surface area contributed by atoms with Gasteiger partial charge in [0.25, 0.3) is 0 Å². The van der Waals surface area contributed by atoms with Crippen molar-refractivity contribution in [3.63, 3.8) is 0 Å². The van der Waals surface area contributed by atoms with Crippen LogP contribution in [0, 0.1) is 17.8 Å². The van der Waals surface area contributed by atoms with Crippen molar-refractivity contribution in [2.45, 2.75) is 51.7 Å². The van der Waals surface area contributed by atoms with Crippen LogP contribution in [0.1, 0.15) is 39.5 Å². The van der Waals surface area contributed by atoms with Gasteiger partial charge in [-0.05, 0) is 12.3 Å². The minimum Gasteiger partial charge on any atom is -0.481 e. The number of carboxylic acids is 1. The lowest BCUT2D eigenvalue weighted by Crippen LogP contribution is -2.43. The molecule has 2 aliphatic heterocycles. The number of hydrogen-bond donors (Lipinski definition) is 2. The molecular formula is C16H25NO4. The standard InChI is InChI=1S/C16H25NO4/c1-3-5-6-10(4-2)9-17-15(18)13-11-7-8-12(21-11)14(13)16(19)20/h7-8,10-14H,3-6,9H2,1-2H3,(H,17,18)(H,19,20)/t10-,11+,12+,13-,14-/m0/s1. The molecule has 0 radical (unpaired) electrons. The van der Waals surface area contributed by atoms with E-state index in [0.717, 1.165) is 25.7 Å². The molecule has 0 aliphatic carbocycles. The van der Waals surface area contributed by atoms with E-state index < -0.39 is 23.9 Å². The molecule has 0 aromatic rings. The summed E-state index contributed by atoms with van der Waals surface area (Å²) in [4.78, 5) is 23.7. The molecule has 1 saturated heterocycles. The molecule has 2 bridgehead atoms. The van der Waals surface area contributed by atoms with Gasteiger partial charge in [0.05, 0.1) is 18.1 Å². The molecule has 21 heavy (non-hydrogen) atoms. The molecular weight excluding hydrogens is 270 g/mol. The van der Waals surface area contributed by atoms with E-state index >= 15 is 0 Å². The molecule has 1 fully saturated rings. The van der Waals surface area contributed by atoms with Gasteiger partial charge in [0, 0.05) is 6.54 Å². The van der Waals surface area contributed by atoms with Crippen LogP contribution in [0.25, 0.3) is 0 Å². The maximum Gasteiger partial charge on any atom is 0.310 e. The van der Waals surface area contributed by atoms with Gasteiger partial charge in [-0.2, -0.15) is 0 Å². The van der Waals surface area contributed by atoms with E-state index in [1.54, 1.807) is 6.08 Å². The molecule has 1 amide bonds. The Morgan fingerprint density at radius 1 is 1.24 bits per heavy atom. The van der Waals surface area contributed by atoms with Gasteiger partial charge < -0.3 is 15.2 Å². The van der Waals surface area contributed by atoms with Crippen LogP contribution in [0.4, 0.5) is 0 Å². The molecule has 5 nitrogen and oxygen atoms in total. The predicted octanol–water partition coefficient (Wildman–Crippen LogP) is 1.97. The lowest BCUT2D eigenvalue weighted by Gasteiger charge is -2.22. The summed E-state index contributed by atoms with van der Waals surface area (Å²) < 4.78 is 5.53. The van der Waals surface area contributed by atoms with Crippen LogP contribution in [-0.2, 0) is 14.3 Å². The Morgan fingerprint density at radius 2 is 1.90 bits per heavy atom. The summed E-state index contributed by atoms with van der Waals surface area (Å²) in [6, 6.07) is 0. The van der Waals surface area contributed by atoms with Crippen LogP contribution >= 0.6 is 0 Å². The average Bonchev–Trinajstić information content (AvgIpc) is 3.07. The van der Waals surface area contributed by atoms with Gasteiger partial charge in [0.2, 0.25) is 5.91 Å². The zero-order valence-corrected chi connectivity index (χ0v) is 12.7. The molecule has 5 heteroatoms. The summed E-state index contributed by atoms with van der Waals surface area (Å²) in [5.74, 6) is -2.02. The highest BCUT2D eigenvalue weighted by atomic mass is 16.5. The predicted molar refractivity (Wildman–Crippen MR) is 78.7 cm³/mol. The molecule has 2 aliphatic rings. The monoisotopic (exact) mass is 295 g/mol. The third-order valence-corrected chi connectivity index (χ3v) is 4.60. The first-order valence-corrected chi connectivity index (χ1v) is 7.92. The van der Waals surface area contributed by atoms with Gasteiger partial charge in [0.1, 0.15) is 5.92 Å². The quantitative estimate of drug-likeness (QED) is 0.671. The van der Waals surface area contributed by atoms with E-state index in [4.69, 9.17) is 4.74 Å². The highest BCUT2D eigenvalue weighted by Gasteiger charge is 2.53. The number of amides is 1. The van der Waals surface area contributed by atoms with Gasteiger partial charge in [-0.3, -0.25) is 9.59 Å². The van der Waals surface area contributed by atoms with Crippen molar-refractivity contribution in [3.05, 3.63) is 12.2 Å². The lowest BCUT2D eigenvalue weighted by molar-refractivity contribution is -0.146. The van der Waals surface area contributed by atoms with Gasteiger partial charge in [0.15, 0.2) is 0 Å². The van der Waals surface area contributed by atoms with Crippen LogP contribution in [0.3, 0.4) is 0 Å². The van der Waals surface area contributed by atoms with Crippen LogP contribution in [0.5, 0.6) is 0 Å². The highest BCUT2D eigenvalue weighted by molar-refractivity contribution is 5.87. The Kier molecular flexibility index (Phi) is 5.39. The van der Waals surface area contributed by atoms with Crippen LogP contribution in [0.2, 0.25) is 0 Å². The van der Waals surface area contributed by atoms with E-state index in [1.807, 2.05) is 6.08 Å². The molecule has 0 aromatic carbocycles. The van der Waals surface area contributed by atoms with E-state index in [2.05, 4.69) is 19.2 Å². The normalized spacial score (nSPS) is 31.3. The van der Waals surface area contributed by atoms with E-state index in [1.165, 1.54) is 0 Å². The Labute approximate surface area is 125 Å². The smallest absolute Gasteiger partial charge is 0.310 e. The molecule has 0 spiro atoms. The number of hydrogen-bond acceptors (Lipinski definition) is 3. The van der Waals surface area contributed by atoms with Gasteiger partial charge in [-0.15, -0.1) is 0 Å². The highest BCUT2D eigenvalue weighted by Crippen LogP contribution is 2.39. The van der Waals surface area contributed by atoms with Crippen molar-refractivity contribution in [1.82, 2.24) is 5.32 Å². The fourth-order valence-corrected chi connectivity index (χ4v) is 3.22. The first-order chi connectivity index (χ1) is 10.1. The number of fused-ring (bicyclic) bond motifs is 2. The van der Waals surface area contributed by atoms with E-state index in [9.17, 15) is 14.7 Å².